The van der Waals surface area contributed by atoms with Crippen LogP contribution in [-0.4, -0.2) is 6.61 Å². The molecule has 1 atom stereocenters. The van der Waals surface area contributed by atoms with Gasteiger partial charge in [-0.15, -0.1) is 0 Å². The van der Waals surface area contributed by atoms with Crippen LogP contribution in [0.4, 0.5) is 0 Å². The van der Waals surface area contributed by atoms with E-state index in [0.717, 1.165) is 19.4 Å². The maximum atomic E-state index is 5.73. The predicted octanol–water partition coefficient (Wildman–Crippen LogP) is 2.50. The van der Waals surface area contributed by atoms with E-state index >= 15 is 0 Å². The quantitative estimate of drug-likeness (QED) is 0.622. The van der Waals surface area contributed by atoms with Crippen molar-refractivity contribution in [2.24, 2.45) is 5.84 Å². The molecule has 1 aliphatic rings. The Balaban J connectivity index is 2.38. The van der Waals surface area contributed by atoms with E-state index in [0.29, 0.717) is 0 Å². The smallest absolute Gasteiger partial charge is 0.0876 e. The van der Waals surface area contributed by atoms with Gasteiger partial charge in [-0.1, -0.05) is 18.2 Å². The molecule has 3 heteroatoms. The van der Waals surface area contributed by atoms with Crippen molar-refractivity contribution in [3.05, 3.63) is 46.7 Å². The monoisotopic (exact) mass is 232 g/mol. The summed E-state index contributed by atoms with van der Waals surface area (Å²) >= 11 is 0. The zero-order valence-electron chi connectivity index (χ0n) is 10.5. The molecular weight excluding hydrogens is 212 g/mol. The summed E-state index contributed by atoms with van der Waals surface area (Å²) < 4.78 is 5.41. The van der Waals surface area contributed by atoms with Crippen LogP contribution >= 0.6 is 0 Å². The number of rotatable bonds is 3. The third-order valence-electron chi connectivity index (χ3n) is 3.33. The van der Waals surface area contributed by atoms with E-state index in [1.165, 1.54) is 22.3 Å². The van der Waals surface area contributed by atoms with E-state index in [-0.39, 0.29) is 6.04 Å². The van der Waals surface area contributed by atoms with Gasteiger partial charge in [-0.2, -0.15) is 0 Å². The highest BCUT2D eigenvalue weighted by Gasteiger charge is 2.20. The Morgan fingerprint density at radius 2 is 2.00 bits per heavy atom. The maximum absolute atomic E-state index is 5.73. The minimum absolute atomic E-state index is 0.0662. The molecule has 1 aromatic carbocycles. The lowest BCUT2D eigenvalue weighted by Gasteiger charge is -2.25. The van der Waals surface area contributed by atoms with Gasteiger partial charge in [0.15, 0.2) is 0 Å². The van der Waals surface area contributed by atoms with Gasteiger partial charge in [0.2, 0.25) is 0 Å². The molecule has 1 aliphatic heterocycles. The van der Waals surface area contributed by atoms with Gasteiger partial charge < -0.3 is 4.74 Å². The molecule has 0 radical (unpaired) electrons. The van der Waals surface area contributed by atoms with Gasteiger partial charge in [-0.3, -0.25) is 5.84 Å². The Bertz CT molecular complexity index is 406. The normalized spacial score (nSPS) is 17.2. The van der Waals surface area contributed by atoms with Crippen molar-refractivity contribution in [2.45, 2.75) is 32.7 Å². The zero-order chi connectivity index (χ0) is 12.3. The lowest BCUT2D eigenvalue weighted by molar-refractivity contribution is 0.219. The molecule has 3 N–H and O–H groups in total. The Kier molecular flexibility index (Phi) is 3.82. The first-order valence-electron chi connectivity index (χ1n) is 6.07. The summed E-state index contributed by atoms with van der Waals surface area (Å²) in [6, 6.07) is 6.39. The highest BCUT2D eigenvalue weighted by molar-refractivity contribution is 5.40. The summed E-state index contributed by atoms with van der Waals surface area (Å²) in [6.45, 7) is 5.06. The van der Waals surface area contributed by atoms with Gasteiger partial charge in [0, 0.05) is 0 Å². The zero-order valence-corrected chi connectivity index (χ0v) is 10.5. The fraction of sp³-hybridized carbons (Fsp3) is 0.429. The van der Waals surface area contributed by atoms with Gasteiger partial charge in [0.05, 0.1) is 18.9 Å². The Morgan fingerprint density at radius 1 is 1.29 bits per heavy atom. The molecule has 3 nitrogen and oxygen atoms in total. The molecular formula is C14H20N2O. The number of nitrogens with one attached hydrogen (secondary N) is 1. The maximum Gasteiger partial charge on any atom is 0.0876 e. The highest BCUT2D eigenvalue weighted by atomic mass is 16.5. The Morgan fingerprint density at radius 3 is 2.53 bits per heavy atom. The second kappa shape index (κ2) is 5.34. The molecule has 92 valence electrons. The first kappa shape index (κ1) is 12.1. The molecule has 0 saturated heterocycles. The molecule has 0 amide bonds. The fourth-order valence-electron chi connectivity index (χ4n) is 2.46. The van der Waals surface area contributed by atoms with Crippen LogP contribution in [0.3, 0.4) is 0 Å². The topological polar surface area (TPSA) is 47.3 Å². The molecule has 0 spiro atoms. The van der Waals surface area contributed by atoms with Crippen LogP contribution in [0, 0.1) is 13.8 Å². The van der Waals surface area contributed by atoms with Crippen molar-refractivity contribution in [2.75, 3.05) is 6.61 Å². The van der Waals surface area contributed by atoms with E-state index < -0.39 is 0 Å². The number of hydrazine groups is 1. The van der Waals surface area contributed by atoms with Gasteiger partial charge in [-0.25, -0.2) is 5.43 Å². The number of hydrogen-bond acceptors (Lipinski definition) is 3. The summed E-state index contributed by atoms with van der Waals surface area (Å²) in [5.41, 5.74) is 7.95. The first-order valence-corrected chi connectivity index (χ1v) is 6.07. The van der Waals surface area contributed by atoms with E-state index in [4.69, 9.17) is 10.6 Å². The summed E-state index contributed by atoms with van der Waals surface area (Å²) in [6.07, 6.45) is 3.97. The van der Waals surface area contributed by atoms with Crippen molar-refractivity contribution in [3.8, 4) is 0 Å². The molecule has 2 rings (SSSR count). The molecule has 0 bridgehead atoms. The SMILES string of the molecule is Cc1cccc(C)c1C(NN)C1=COCCC1. The summed E-state index contributed by atoms with van der Waals surface area (Å²) in [5.74, 6) is 5.73. The third-order valence-corrected chi connectivity index (χ3v) is 3.33. The fourth-order valence-corrected chi connectivity index (χ4v) is 2.46. The van der Waals surface area contributed by atoms with Crippen molar-refractivity contribution in [1.82, 2.24) is 5.43 Å². The van der Waals surface area contributed by atoms with Gasteiger partial charge in [-0.05, 0) is 49.0 Å². The largest absolute Gasteiger partial charge is 0.501 e. The van der Waals surface area contributed by atoms with Crippen LogP contribution in [0.5, 0.6) is 0 Å². The molecule has 0 saturated carbocycles. The minimum atomic E-state index is 0.0662. The van der Waals surface area contributed by atoms with Gasteiger partial charge in [0.1, 0.15) is 0 Å². The van der Waals surface area contributed by atoms with Crippen LogP contribution in [0.25, 0.3) is 0 Å². The molecule has 0 fully saturated rings. The van der Waals surface area contributed by atoms with Crippen molar-refractivity contribution < 1.29 is 4.74 Å². The second-order valence-electron chi connectivity index (χ2n) is 4.57. The Hall–Kier alpha value is -1.32. The molecule has 1 aromatic rings. The van der Waals surface area contributed by atoms with E-state index in [1.54, 1.807) is 0 Å². The first-order chi connectivity index (χ1) is 8.24. The van der Waals surface area contributed by atoms with Crippen LogP contribution in [-0.2, 0) is 4.74 Å². The van der Waals surface area contributed by atoms with Crippen LogP contribution in [0.2, 0.25) is 0 Å². The van der Waals surface area contributed by atoms with Crippen LogP contribution in [0.15, 0.2) is 30.0 Å². The van der Waals surface area contributed by atoms with Crippen LogP contribution < -0.4 is 11.3 Å². The number of ether oxygens (including phenoxy) is 1. The summed E-state index contributed by atoms with van der Waals surface area (Å²) in [7, 11) is 0. The van der Waals surface area contributed by atoms with Gasteiger partial charge >= 0.3 is 0 Å². The van der Waals surface area contributed by atoms with Crippen molar-refractivity contribution in [1.29, 1.82) is 0 Å². The second-order valence-corrected chi connectivity index (χ2v) is 4.57. The van der Waals surface area contributed by atoms with E-state index in [9.17, 15) is 0 Å². The molecule has 1 heterocycles. The van der Waals surface area contributed by atoms with Crippen molar-refractivity contribution in [3.63, 3.8) is 0 Å². The third kappa shape index (κ3) is 2.51. The predicted molar refractivity (Wildman–Crippen MR) is 69.2 cm³/mol. The average molecular weight is 232 g/mol. The standard InChI is InChI=1S/C14H20N2O/c1-10-5-3-6-11(2)13(10)14(16-15)12-7-4-8-17-9-12/h3,5-6,9,14,16H,4,7-8,15H2,1-2H3. The van der Waals surface area contributed by atoms with E-state index in [2.05, 4.69) is 37.5 Å². The lowest BCUT2D eigenvalue weighted by atomic mass is 9.90. The van der Waals surface area contributed by atoms with Crippen molar-refractivity contribution >= 4 is 0 Å². The molecule has 0 aromatic heterocycles. The average Bonchev–Trinajstić information content (AvgIpc) is 2.35. The number of aryl methyl sites for hydroxylation is 2. The van der Waals surface area contributed by atoms with Gasteiger partial charge in [0.25, 0.3) is 0 Å². The van der Waals surface area contributed by atoms with Crippen LogP contribution in [0.1, 0.15) is 35.6 Å². The summed E-state index contributed by atoms with van der Waals surface area (Å²) in [5, 5.41) is 0. The minimum Gasteiger partial charge on any atom is -0.501 e. The highest BCUT2D eigenvalue weighted by Crippen LogP contribution is 2.30. The Labute approximate surface area is 103 Å². The number of hydrogen-bond donors (Lipinski definition) is 2. The molecule has 17 heavy (non-hydrogen) atoms. The van der Waals surface area contributed by atoms with E-state index in [1.807, 2.05) is 6.26 Å². The molecule has 0 aliphatic carbocycles. The molecule has 1 unspecified atom stereocenters. The number of nitrogens with two attached hydrogens (primary N) is 1. The summed E-state index contributed by atoms with van der Waals surface area (Å²) in [4.78, 5) is 0. The number of benzene rings is 1. The lowest BCUT2D eigenvalue weighted by Crippen LogP contribution is -2.31.